The molecule has 8 heteroatoms. The van der Waals surface area contributed by atoms with Gasteiger partial charge in [-0.05, 0) is 0 Å². The first-order chi connectivity index (χ1) is 8.65. The third kappa shape index (κ3) is 1.66. The zero-order chi connectivity index (χ0) is 12.7. The predicted molar refractivity (Wildman–Crippen MR) is 59.6 cm³/mol. The van der Waals surface area contributed by atoms with Gasteiger partial charge in [0.1, 0.15) is 6.26 Å². The molecule has 18 heavy (non-hydrogen) atoms. The number of nitrogens with zero attached hydrogens (tertiary/aromatic N) is 3. The van der Waals surface area contributed by atoms with Crippen LogP contribution < -0.4 is 10.2 Å². The van der Waals surface area contributed by atoms with Gasteiger partial charge in [-0.15, -0.1) is 0 Å². The van der Waals surface area contributed by atoms with Gasteiger partial charge in [0.05, 0.1) is 6.04 Å². The third-order valence-corrected chi connectivity index (χ3v) is 3.21. The van der Waals surface area contributed by atoms with Crippen molar-refractivity contribution in [2.45, 2.75) is 6.04 Å². The fraction of sp³-hybridized carbons (Fsp3) is 0.500. The number of oxazole rings is 1. The molecule has 1 aromatic rings. The van der Waals surface area contributed by atoms with E-state index in [1.54, 1.807) is 4.90 Å². The van der Waals surface area contributed by atoms with E-state index in [0.717, 1.165) is 6.26 Å². The van der Waals surface area contributed by atoms with Crippen molar-refractivity contribution in [1.82, 2.24) is 15.2 Å². The third-order valence-electron chi connectivity index (χ3n) is 3.21. The van der Waals surface area contributed by atoms with E-state index >= 15 is 0 Å². The van der Waals surface area contributed by atoms with Crippen molar-refractivity contribution in [3.8, 4) is 0 Å². The number of amides is 2. The van der Waals surface area contributed by atoms with Gasteiger partial charge in [-0.2, -0.15) is 4.98 Å². The molecule has 0 bridgehead atoms. The van der Waals surface area contributed by atoms with Gasteiger partial charge in [-0.3, -0.25) is 0 Å². The van der Waals surface area contributed by atoms with Crippen LogP contribution in [0.15, 0.2) is 10.7 Å². The Morgan fingerprint density at radius 2 is 2.39 bits per heavy atom. The number of hydrogen-bond donors (Lipinski definition) is 2. The molecule has 2 amide bonds. The van der Waals surface area contributed by atoms with Crippen molar-refractivity contribution in [2.24, 2.45) is 0 Å². The van der Waals surface area contributed by atoms with E-state index in [0.29, 0.717) is 32.2 Å². The van der Waals surface area contributed by atoms with Gasteiger partial charge in [0.2, 0.25) is 0 Å². The number of carboxylic acids is 1. The van der Waals surface area contributed by atoms with E-state index in [9.17, 15) is 9.59 Å². The minimum absolute atomic E-state index is 0.0433. The molecule has 0 saturated carbocycles. The van der Waals surface area contributed by atoms with Crippen molar-refractivity contribution in [3.63, 3.8) is 0 Å². The Hall–Kier alpha value is -2.25. The van der Waals surface area contributed by atoms with Gasteiger partial charge >= 0.3 is 12.0 Å². The fourth-order valence-electron chi connectivity index (χ4n) is 2.29. The van der Waals surface area contributed by atoms with Crippen LogP contribution in [0.2, 0.25) is 0 Å². The Balaban J connectivity index is 1.74. The van der Waals surface area contributed by atoms with Crippen LogP contribution in [-0.2, 0) is 0 Å². The van der Waals surface area contributed by atoms with Crippen LogP contribution in [0.1, 0.15) is 10.5 Å². The molecular weight excluding hydrogens is 240 g/mol. The summed E-state index contributed by atoms with van der Waals surface area (Å²) in [6.07, 6.45) is 1.13. The molecule has 1 atom stereocenters. The molecule has 1 unspecified atom stereocenters. The van der Waals surface area contributed by atoms with Gasteiger partial charge < -0.3 is 24.6 Å². The minimum atomic E-state index is -1.11. The molecule has 8 nitrogen and oxygen atoms in total. The number of carbonyl (C=O) groups is 2. The number of carbonyl (C=O) groups excluding carboxylic acids is 1. The smallest absolute Gasteiger partial charge is 0.357 e. The maximum Gasteiger partial charge on any atom is 0.357 e. The second-order valence-corrected chi connectivity index (χ2v) is 4.30. The molecule has 2 saturated heterocycles. The molecule has 2 fully saturated rings. The molecule has 0 radical (unpaired) electrons. The van der Waals surface area contributed by atoms with E-state index in [4.69, 9.17) is 9.52 Å². The fourth-order valence-corrected chi connectivity index (χ4v) is 2.29. The van der Waals surface area contributed by atoms with Crippen LogP contribution in [-0.4, -0.2) is 59.2 Å². The van der Waals surface area contributed by atoms with E-state index in [1.807, 2.05) is 4.90 Å². The number of fused-ring (bicyclic) bond motifs is 1. The molecule has 2 N–H and O–H groups in total. The summed E-state index contributed by atoms with van der Waals surface area (Å²) in [5.74, 6) is -1.11. The standard InChI is InChI=1S/C10H12N4O4/c15-8(16)7-5-18-10(12-7)13-1-2-14-6(4-13)3-11-9(14)17/h5-6H,1-4H2,(H,11,17)(H,15,16). The first kappa shape index (κ1) is 10.9. The topological polar surface area (TPSA) is 98.9 Å². The highest BCUT2D eigenvalue weighted by molar-refractivity contribution is 5.85. The maximum absolute atomic E-state index is 11.4. The number of anilines is 1. The lowest BCUT2D eigenvalue weighted by Crippen LogP contribution is -2.52. The number of aromatic carboxylic acids is 1. The summed E-state index contributed by atoms with van der Waals surface area (Å²) in [5.41, 5.74) is -0.104. The van der Waals surface area contributed by atoms with Gasteiger partial charge in [0.15, 0.2) is 5.69 Å². The largest absolute Gasteiger partial charge is 0.476 e. The summed E-state index contributed by atoms with van der Waals surface area (Å²) < 4.78 is 5.15. The first-order valence-corrected chi connectivity index (χ1v) is 5.63. The van der Waals surface area contributed by atoms with Gasteiger partial charge in [-0.25, -0.2) is 9.59 Å². The Bertz CT molecular complexity index is 500. The highest BCUT2D eigenvalue weighted by Crippen LogP contribution is 2.20. The van der Waals surface area contributed by atoms with Gasteiger partial charge in [0.25, 0.3) is 6.01 Å². The normalized spacial score (nSPS) is 22.9. The van der Waals surface area contributed by atoms with Crippen molar-refractivity contribution < 1.29 is 19.1 Å². The quantitative estimate of drug-likeness (QED) is 0.742. The summed E-state index contributed by atoms with van der Waals surface area (Å²) in [6.45, 7) is 2.37. The highest BCUT2D eigenvalue weighted by Gasteiger charge is 2.36. The summed E-state index contributed by atoms with van der Waals surface area (Å²) in [4.78, 5) is 29.7. The van der Waals surface area contributed by atoms with Crippen LogP contribution in [0.5, 0.6) is 0 Å². The van der Waals surface area contributed by atoms with E-state index in [2.05, 4.69) is 10.3 Å². The molecule has 0 aromatic carbocycles. The van der Waals surface area contributed by atoms with Crippen molar-refractivity contribution in [2.75, 3.05) is 31.1 Å². The number of nitrogens with one attached hydrogen (secondary N) is 1. The average Bonchev–Trinajstić information content (AvgIpc) is 2.96. The lowest BCUT2D eigenvalue weighted by molar-refractivity contribution is 0.0690. The Labute approximate surface area is 102 Å². The molecule has 3 rings (SSSR count). The Kier molecular flexibility index (Phi) is 2.35. The minimum Gasteiger partial charge on any atom is -0.476 e. The van der Waals surface area contributed by atoms with Crippen LogP contribution in [0.3, 0.4) is 0 Å². The first-order valence-electron chi connectivity index (χ1n) is 5.63. The zero-order valence-electron chi connectivity index (χ0n) is 9.50. The Morgan fingerprint density at radius 1 is 1.56 bits per heavy atom. The zero-order valence-corrected chi connectivity index (χ0v) is 9.50. The van der Waals surface area contributed by atoms with Crippen LogP contribution in [0.25, 0.3) is 0 Å². The predicted octanol–water partition coefficient (Wildman–Crippen LogP) is -0.413. The summed E-state index contributed by atoms with van der Waals surface area (Å²) in [5, 5.41) is 11.5. The SMILES string of the molecule is O=C(O)c1coc(N2CCN3C(=O)NCC3C2)n1. The molecule has 96 valence electrons. The number of urea groups is 1. The molecule has 2 aliphatic rings. The van der Waals surface area contributed by atoms with Crippen molar-refractivity contribution in [3.05, 3.63) is 12.0 Å². The van der Waals surface area contributed by atoms with Crippen molar-refractivity contribution in [1.29, 1.82) is 0 Å². The number of rotatable bonds is 2. The maximum atomic E-state index is 11.4. The van der Waals surface area contributed by atoms with E-state index in [-0.39, 0.29) is 17.8 Å². The summed E-state index contributed by atoms with van der Waals surface area (Å²) in [6, 6.07) is 0.344. The molecule has 0 spiro atoms. The molecule has 2 aliphatic heterocycles. The van der Waals surface area contributed by atoms with Crippen LogP contribution in [0.4, 0.5) is 10.8 Å². The second-order valence-electron chi connectivity index (χ2n) is 4.30. The highest BCUT2D eigenvalue weighted by atomic mass is 16.4. The molecular formula is C10H12N4O4. The molecule has 0 aliphatic carbocycles. The van der Waals surface area contributed by atoms with E-state index in [1.165, 1.54) is 0 Å². The second kappa shape index (κ2) is 3.90. The van der Waals surface area contributed by atoms with E-state index < -0.39 is 5.97 Å². The number of piperazine rings is 1. The summed E-state index contributed by atoms with van der Waals surface area (Å²) >= 11 is 0. The monoisotopic (exact) mass is 252 g/mol. The van der Waals surface area contributed by atoms with Gasteiger partial charge in [0, 0.05) is 26.2 Å². The average molecular weight is 252 g/mol. The molecule has 3 heterocycles. The Morgan fingerprint density at radius 3 is 3.11 bits per heavy atom. The van der Waals surface area contributed by atoms with Crippen LogP contribution >= 0.6 is 0 Å². The number of hydrogen-bond acceptors (Lipinski definition) is 5. The lowest BCUT2D eigenvalue weighted by atomic mass is 10.2. The van der Waals surface area contributed by atoms with Crippen molar-refractivity contribution >= 4 is 18.0 Å². The number of aromatic nitrogens is 1. The summed E-state index contributed by atoms with van der Waals surface area (Å²) in [7, 11) is 0. The van der Waals surface area contributed by atoms with Gasteiger partial charge in [-0.1, -0.05) is 0 Å². The molecule has 1 aromatic heterocycles. The number of carboxylic acid groups (broad SMARTS) is 1. The van der Waals surface area contributed by atoms with Crippen LogP contribution in [0, 0.1) is 0 Å². The lowest BCUT2D eigenvalue weighted by Gasteiger charge is -2.35.